The number of ether oxygens (including phenoxy) is 1. The molecule has 2 aliphatic heterocycles. The molecular weight excluding hydrogens is 573 g/mol. The summed E-state index contributed by atoms with van der Waals surface area (Å²) in [5.74, 6) is -0.788. The maximum Gasteiger partial charge on any atom is 0.573 e. The molecule has 2 aromatic rings. The van der Waals surface area contributed by atoms with Crippen LogP contribution in [-0.2, 0) is 14.8 Å². The Balaban J connectivity index is 1.48. The summed E-state index contributed by atoms with van der Waals surface area (Å²) >= 11 is 5.55. The van der Waals surface area contributed by atoms with Crippen LogP contribution < -0.4 is 15.0 Å². The van der Waals surface area contributed by atoms with E-state index in [1.54, 1.807) is 26.0 Å². The Morgan fingerprint density at radius 2 is 1.80 bits per heavy atom. The number of alkyl halides is 3. The number of piperidine rings is 1. The summed E-state index contributed by atoms with van der Waals surface area (Å²) in [7, 11) is -2.31. The normalized spacial score (nSPS) is 17.7. The molecule has 0 bridgehead atoms. The number of nitrogens with one attached hydrogen (secondary N) is 1. The highest BCUT2D eigenvalue weighted by molar-refractivity contribution is 7.92. The van der Waals surface area contributed by atoms with Crippen LogP contribution in [0.25, 0.3) is 6.08 Å². The average Bonchev–Trinajstić information content (AvgIpc) is 3.17. The van der Waals surface area contributed by atoms with Crippen molar-refractivity contribution in [1.82, 2.24) is 9.62 Å². The highest BCUT2D eigenvalue weighted by Gasteiger charge is 2.47. The lowest BCUT2D eigenvalue weighted by atomic mass is 9.89. The molecule has 0 unspecified atom stereocenters. The van der Waals surface area contributed by atoms with E-state index in [0.29, 0.717) is 11.3 Å². The molecule has 2 aromatic carbocycles. The van der Waals surface area contributed by atoms with E-state index in [-0.39, 0.29) is 37.3 Å². The van der Waals surface area contributed by atoms with Gasteiger partial charge in [-0.15, -0.1) is 13.2 Å². The van der Waals surface area contributed by atoms with E-state index in [2.05, 4.69) is 15.0 Å². The Morgan fingerprint density at radius 3 is 2.38 bits per heavy atom. The minimum atomic E-state index is -4.87. The number of aliphatic imine (C=N–C) groups is 1. The largest absolute Gasteiger partial charge is 0.573 e. The number of halogens is 4. The second kappa shape index (κ2) is 10.9. The molecule has 0 aromatic heterocycles. The molecule has 9 nitrogen and oxygen atoms in total. The number of hydrogen-bond acceptors (Lipinski definition) is 6. The van der Waals surface area contributed by atoms with Crippen molar-refractivity contribution >= 4 is 50.5 Å². The van der Waals surface area contributed by atoms with Gasteiger partial charge in [0.25, 0.3) is 5.91 Å². The molecule has 2 aliphatic rings. The van der Waals surface area contributed by atoms with Crippen molar-refractivity contribution in [3.63, 3.8) is 0 Å². The van der Waals surface area contributed by atoms with Gasteiger partial charge in [-0.2, -0.15) is 4.31 Å². The van der Waals surface area contributed by atoms with Gasteiger partial charge in [0.2, 0.25) is 10.0 Å². The lowest BCUT2D eigenvalue weighted by molar-refractivity contribution is -0.274. The van der Waals surface area contributed by atoms with Gasteiger partial charge >= 0.3 is 11.7 Å². The summed E-state index contributed by atoms with van der Waals surface area (Å²) in [4.78, 5) is 30.1. The minimum absolute atomic E-state index is 0.0215. The third-order valence-corrected chi connectivity index (χ3v) is 8.69. The van der Waals surface area contributed by atoms with Gasteiger partial charge in [-0.1, -0.05) is 12.1 Å². The zero-order chi connectivity index (χ0) is 29.5. The van der Waals surface area contributed by atoms with Crippen LogP contribution in [0.2, 0.25) is 0 Å². The number of carbonyl (C=O) groups excluding carboxylic acids is 2. The SMILES string of the molecule is Cc1cc(N(C)C(=O)Cl)cc(C)c1C=CS(=O)(=O)N1CCC2(CC1)N=C(c1cccc(OC(F)(F)F)c1)NC2=O. The summed E-state index contributed by atoms with van der Waals surface area (Å²) in [6.45, 7) is 3.62. The van der Waals surface area contributed by atoms with Gasteiger partial charge < -0.3 is 15.0 Å². The Morgan fingerprint density at radius 1 is 1.18 bits per heavy atom. The van der Waals surface area contributed by atoms with Crippen molar-refractivity contribution in [3.8, 4) is 5.75 Å². The van der Waals surface area contributed by atoms with Crippen LogP contribution in [0.1, 0.15) is 35.1 Å². The number of benzene rings is 2. The predicted octanol–water partition coefficient (Wildman–Crippen LogP) is 4.71. The topological polar surface area (TPSA) is 108 Å². The van der Waals surface area contributed by atoms with Crippen molar-refractivity contribution < 1.29 is 35.9 Å². The zero-order valence-corrected chi connectivity index (χ0v) is 23.3. The van der Waals surface area contributed by atoms with Gasteiger partial charge in [-0.25, -0.2) is 8.42 Å². The van der Waals surface area contributed by atoms with Crippen molar-refractivity contribution in [1.29, 1.82) is 0 Å². The monoisotopic (exact) mass is 598 g/mol. The van der Waals surface area contributed by atoms with E-state index in [9.17, 15) is 31.2 Å². The molecule has 0 aliphatic carbocycles. The van der Waals surface area contributed by atoms with Crippen LogP contribution in [0.4, 0.5) is 23.7 Å². The van der Waals surface area contributed by atoms with Gasteiger partial charge in [0.1, 0.15) is 17.1 Å². The van der Waals surface area contributed by atoms with E-state index in [1.807, 2.05) is 0 Å². The number of sulfonamides is 1. The highest BCUT2D eigenvalue weighted by atomic mass is 35.5. The van der Waals surface area contributed by atoms with E-state index >= 15 is 0 Å². The fraction of sp³-hybridized carbons (Fsp3) is 0.346. The fourth-order valence-electron chi connectivity index (χ4n) is 4.69. The van der Waals surface area contributed by atoms with Crippen molar-refractivity contribution in [2.24, 2.45) is 4.99 Å². The van der Waals surface area contributed by atoms with Crippen molar-refractivity contribution in [3.05, 3.63) is 64.1 Å². The fourth-order valence-corrected chi connectivity index (χ4v) is 5.96. The molecule has 14 heteroatoms. The summed E-state index contributed by atoms with van der Waals surface area (Å²) < 4.78 is 69.2. The number of amides is 2. The maximum atomic E-state index is 13.1. The Hall–Kier alpha value is -3.42. The van der Waals surface area contributed by atoms with Crippen LogP contribution in [-0.4, -0.2) is 61.9 Å². The highest BCUT2D eigenvalue weighted by Crippen LogP contribution is 2.33. The quantitative estimate of drug-likeness (QED) is 0.383. The number of aryl methyl sites for hydroxylation is 2. The molecule has 0 saturated carbocycles. The molecule has 2 amide bonds. The first-order chi connectivity index (χ1) is 18.6. The van der Waals surface area contributed by atoms with E-state index in [1.165, 1.54) is 34.5 Å². The van der Waals surface area contributed by atoms with E-state index < -0.39 is 38.9 Å². The average molecular weight is 599 g/mol. The van der Waals surface area contributed by atoms with Gasteiger partial charge in [0.15, 0.2) is 0 Å². The molecule has 40 heavy (non-hydrogen) atoms. The first-order valence-corrected chi connectivity index (χ1v) is 14.0. The summed E-state index contributed by atoms with van der Waals surface area (Å²) in [5, 5.41) is 3.07. The number of rotatable bonds is 6. The summed E-state index contributed by atoms with van der Waals surface area (Å²) in [5.41, 5.74) is 1.77. The van der Waals surface area contributed by atoms with Crippen molar-refractivity contribution in [2.75, 3.05) is 25.0 Å². The maximum absolute atomic E-state index is 13.1. The number of anilines is 1. The molecule has 0 atom stereocenters. The standard InChI is InChI=1S/C26H26ClF3N4O5S/c1-16-13-19(33(3)24(27)36)14-17(2)21(16)7-12-40(37,38)34-10-8-25(9-11-34)23(35)31-22(32-25)18-5-4-6-20(15-18)39-26(28,29)30/h4-7,12-15H,8-11H2,1-3H3,(H,31,32,35). The lowest BCUT2D eigenvalue weighted by Crippen LogP contribution is -2.50. The van der Waals surface area contributed by atoms with Crippen LogP contribution >= 0.6 is 11.6 Å². The summed E-state index contributed by atoms with van der Waals surface area (Å²) in [6.07, 6.45) is -3.18. The van der Waals surface area contributed by atoms with Crippen LogP contribution in [0.3, 0.4) is 0 Å². The first-order valence-electron chi connectivity index (χ1n) is 12.1. The third kappa shape index (κ3) is 6.31. The molecule has 0 radical (unpaired) electrons. The predicted molar refractivity (Wildman–Crippen MR) is 145 cm³/mol. The van der Waals surface area contributed by atoms with Crippen LogP contribution in [0, 0.1) is 13.8 Å². The van der Waals surface area contributed by atoms with Gasteiger partial charge in [0, 0.05) is 36.8 Å². The Kier molecular flexibility index (Phi) is 8.03. The molecule has 4 rings (SSSR count). The zero-order valence-electron chi connectivity index (χ0n) is 21.8. The molecule has 1 saturated heterocycles. The van der Waals surface area contributed by atoms with Gasteiger partial charge in [0.05, 0.1) is 0 Å². The number of hydrogen-bond donors (Lipinski definition) is 1. The summed E-state index contributed by atoms with van der Waals surface area (Å²) in [6, 6.07) is 8.56. The van der Waals surface area contributed by atoms with Crippen molar-refractivity contribution in [2.45, 2.75) is 38.6 Å². The molecule has 1 N–H and O–H groups in total. The molecule has 1 fully saturated rings. The molecule has 2 heterocycles. The minimum Gasteiger partial charge on any atom is -0.406 e. The second-order valence-electron chi connectivity index (χ2n) is 9.57. The van der Waals surface area contributed by atoms with Gasteiger partial charge in [-0.3, -0.25) is 14.6 Å². The lowest BCUT2D eigenvalue weighted by Gasteiger charge is -2.34. The number of carbonyl (C=O) groups is 2. The number of nitrogens with zero attached hydrogens (tertiary/aromatic N) is 3. The van der Waals surface area contributed by atoms with Crippen LogP contribution in [0.5, 0.6) is 5.75 Å². The van der Waals surface area contributed by atoms with E-state index in [0.717, 1.165) is 28.7 Å². The molecule has 214 valence electrons. The smallest absolute Gasteiger partial charge is 0.406 e. The first kappa shape index (κ1) is 29.6. The van der Waals surface area contributed by atoms with Crippen LogP contribution in [0.15, 0.2) is 46.8 Å². The Bertz CT molecular complexity index is 1490. The molecular formula is C26H26ClF3N4O5S. The Labute approximate surface area is 234 Å². The van der Waals surface area contributed by atoms with E-state index in [4.69, 9.17) is 11.6 Å². The molecule has 1 spiro atoms. The van der Waals surface area contributed by atoms with Gasteiger partial charge in [-0.05, 0) is 85.3 Å². The second-order valence-corrected chi connectivity index (χ2v) is 11.7. The third-order valence-electron chi connectivity index (χ3n) is 6.87. The number of amidine groups is 1.